The first-order chi connectivity index (χ1) is 15.3. The summed E-state index contributed by atoms with van der Waals surface area (Å²) in [5.41, 5.74) is 1.33. The zero-order valence-corrected chi connectivity index (χ0v) is 17.7. The molecular weight excluding hydrogens is 444 g/mol. The van der Waals surface area contributed by atoms with Gasteiger partial charge in [-0.25, -0.2) is 0 Å². The summed E-state index contributed by atoms with van der Waals surface area (Å²) in [4.78, 5) is 25.8. The molecule has 6 nitrogen and oxygen atoms in total. The molecular formula is C23H18ClF2NO5. The van der Waals surface area contributed by atoms with Crippen LogP contribution < -0.4 is 14.4 Å². The Hall–Kier alpha value is -3.39. The van der Waals surface area contributed by atoms with Crippen LogP contribution in [-0.2, 0) is 17.8 Å². The normalized spacial score (nSPS) is 13.0. The van der Waals surface area contributed by atoms with Crippen LogP contribution in [0, 0.1) is 0 Å². The Bertz CT molecular complexity index is 1230. The number of anilines is 1. The van der Waals surface area contributed by atoms with Gasteiger partial charge in [-0.2, -0.15) is 8.78 Å². The van der Waals surface area contributed by atoms with Crippen molar-refractivity contribution in [1.29, 1.82) is 0 Å². The summed E-state index contributed by atoms with van der Waals surface area (Å²) in [5.74, 6) is -1.08. The lowest BCUT2D eigenvalue weighted by molar-refractivity contribution is -0.136. The van der Waals surface area contributed by atoms with Gasteiger partial charge >= 0.3 is 12.6 Å². The minimum Gasteiger partial charge on any atom is -0.493 e. The maximum atomic E-state index is 13.5. The Balaban J connectivity index is 1.86. The average molecular weight is 462 g/mol. The standard InChI is InChI=1S/C23H18ClF2NO5/c1-2-31-17-5-3-4-13-10-18(32-23(25)26)14-11-27(22(30)21(14)20(13)17)16-7-6-12(8-15(16)24)9-19(28)29/h3-8,10,23H,2,9,11H2,1H3,(H,28,29). The summed E-state index contributed by atoms with van der Waals surface area (Å²) in [6.07, 6.45) is -0.219. The van der Waals surface area contributed by atoms with Gasteiger partial charge in [0.05, 0.1) is 35.8 Å². The summed E-state index contributed by atoms with van der Waals surface area (Å²) in [7, 11) is 0. The Labute approximate surface area is 186 Å². The van der Waals surface area contributed by atoms with Crippen molar-refractivity contribution in [1.82, 2.24) is 0 Å². The van der Waals surface area contributed by atoms with Crippen LogP contribution in [0.2, 0.25) is 5.02 Å². The van der Waals surface area contributed by atoms with Gasteiger partial charge in [-0.1, -0.05) is 29.8 Å². The first kappa shape index (κ1) is 21.8. The van der Waals surface area contributed by atoms with Gasteiger partial charge in [-0.3, -0.25) is 9.59 Å². The summed E-state index contributed by atoms with van der Waals surface area (Å²) in [6.45, 7) is -0.933. The molecule has 0 aliphatic carbocycles. The highest BCUT2D eigenvalue weighted by molar-refractivity contribution is 6.34. The molecule has 1 aliphatic rings. The molecule has 0 spiro atoms. The molecule has 0 atom stereocenters. The number of halogens is 3. The Morgan fingerprint density at radius 1 is 1.22 bits per heavy atom. The van der Waals surface area contributed by atoms with Crippen LogP contribution in [0.15, 0.2) is 42.5 Å². The topological polar surface area (TPSA) is 76.1 Å². The van der Waals surface area contributed by atoms with Crippen LogP contribution in [0.5, 0.6) is 11.5 Å². The lowest BCUT2D eigenvalue weighted by atomic mass is 9.98. The Kier molecular flexibility index (Phi) is 5.88. The molecule has 9 heteroatoms. The number of fused-ring (bicyclic) bond motifs is 3. The van der Waals surface area contributed by atoms with E-state index in [1.807, 2.05) is 0 Å². The van der Waals surface area contributed by atoms with Gasteiger partial charge in [0.2, 0.25) is 0 Å². The molecule has 1 heterocycles. The van der Waals surface area contributed by atoms with Crippen molar-refractivity contribution in [3.8, 4) is 11.5 Å². The van der Waals surface area contributed by atoms with E-state index < -0.39 is 18.5 Å². The van der Waals surface area contributed by atoms with E-state index in [2.05, 4.69) is 0 Å². The molecule has 0 saturated heterocycles. The maximum Gasteiger partial charge on any atom is 0.387 e. The number of carbonyl (C=O) groups excluding carboxylic acids is 1. The fourth-order valence-electron chi connectivity index (χ4n) is 3.92. The molecule has 3 aromatic carbocycles. The molecule has 3 aromatic rings. The average Bonchev–Trinajstić information content (AvgIpc) is 3.05. The molecule has 0 fully saturated rings. The van der Waals surface area contributed by atoms with Crippen molar-refractivity contribution in [3.05, 3.63) is 64.2 Å². The second-order valence-corrected chi connectivity index (χ2v) is 7.55. The lowest BCUT2D eigenvalue weighted by Crippen LogP contribution is -2.23. The number of amides is 1. The summed E-state index contributed by atoms with van der Waals surface area (Å²) in [6, 6.07) is 11.2. The van der Waals surface area contributed by atoms with Crippen LogP contribution in [0.3, 0.4) is 0 Å². The first-order valence-corrected chi connectivity index (χ1v) is 10.2. The van der Waals surface area contributed by atoms with Crippen molar-refractivity contribution < 1.29 is 33.0 Å². The third-order valence-electron chi connectivity index (χ3n) is 5.14. The number of carboxylic acids is 1. The largest absolute Gasteiger partial charge is 0.493 e. The fourth-order valence-corrected chi connectivity index (χ4v) is 4.23. The third kappa shape index (κ3) is 3.93. The molecule has 0 aromatic heterocycles. The minimum absolute atomic E-state index is 0.0371. The van der Waals surface area contributed by atoms with Crippen LogP contribution >= 0.6 is 11.6 Å². The summed E-state index contributed by atoms with van der Waals surface area (Å²) in [5, 5.41) is 10.2. The second-order valence-electron chi connectivity index (χ2n) is 7.14. The molecule has 0 unspecified atom stereocenters. The van der Waals surface area contributed by atoms with Gasteiger partial charge in [0.25, 0.3) is 5.91 Å². The van der Waals surface area contributed by atoms with E-state index >= 15 is 0 Å². The monoisotopic (exact) mass is 461 g/mol. The highest BCUT2D eigenvalue weighted by atomic mass is 35.5. The van der Waals surface area contributed by atoms with Gasteiger partial charge in [0, 0.05) is 10.9 Å². The minimum atomic E-state index is -3.06. The van der Waals surface area contributed by atoms with Crippen LogP contribution in [-0.4, -0.2) is 30.2 Å². The van der Waals surface area contributed by atoms with Crippen LogP contribution in [0.25, 0.3) is 10.8 Å². The molecule has 1 amide bonds. The molecule has 0 saturated carbocycles. The molecule has 0 radical (unpaired) electrons. The quantitative estimate of drug-likeness (QED) is 0.518. The van der Waals surface area contributed by atoms with E-state index in [4.69, 9.17) is 26.2 Å². The zero-order valence-electron chi connectivity index (χ0n) is 16.9. The van der Waals surface area contributed by atoms with E-state index in [0.29, 0.717) is 39.9 Å². The van der Waals surface area contributed by atoms with E-state index in [9.17, 15) is 18.4 Å². The predicted molar refractivity (Wildman–Crippen MR) is 115 cm³/mol. The third-order valence-corrected chi connectivity index (χ3v) is 5.45. The van der Waals surface area contributed by atoms with E-state index in [0.717, 1.165) is 0 Å². The molecule has 1 aliphatic heterocycles. The summed E-state index contributed by atoms with van der Waals surface area (Å²) >= 11 is 6.36. The van der Waals surface area contributed by atoms with Crippen LogP contribution in [0.4, 0.5) is 14.5 Å². The Morgan fingerprint density at radius 3 is 2.66 bits per heavy atom. The van der Waals surface area contributed by atoms with Crippen molar-refractivity contribution in [2.75, 3.05) is 11.5 Å². The van der Waals surface area contributed by atoms with Gasteiger partial charge in [0.15, 0.2) is 0 Å². The van der Waals surface area contributed by atoms with Gasteiger partial charge in [0.1, 0.15) is 11.5 Å². The van der Waals surface area contributed by atoms with Crippen molar-refractivity contribution >= 4 is 39.9 Å². The lowest BCUT2D eigenvalue weighted by Gasteiger charge is -2.18. The number of nitrogens with zero attached hydrogens (tertiary/aromatic N) is 1. The summed E-state index contributed by atoms with van der Waals surface area (Å²) < 4.78 is 36.6. The van der Waals surface area contributed by atoms with Gasteiger partial charge in [-0.15, -0.1) is 0 Å². The number of ether oxygens (including phenoxy) is 2. The number of carboxylic acid groups (broad SMARTS) is 1. The van der Waals surface area contributed by atoms with E-state index in [-0.39, 0.29) is 29.3 Å². The molecule has 0 bridgehead atoms. The van der Waals surface area contributed by atoms with E-state index in [1.165, 1.54) is 17.0 Å². The van der Waals surface area contributed by atoms with Gasteiger partial charge < -0.3 is 19.5 Å². The Morgan fingerprint density at radius 2 is 2.00 bits per heavy atom. The van der Waals surface area contributed by atoms with Crippen LogP contribution in [0.1, 0.15) is 28.4 Å². The fraction of sp³-hybridized carbons (Fsp3) is 0.217. The smallest absolute Gasteiger partial charge is 0.387 e. The zero-order chi connectivity index (χ0) is 23.0. The number of rotatable bonds is 7. The molecule has 32 heavy (non-hydrogen) atoms. The number of aliphatic carboxylic acids is 1. The van der Waals surface area contributed by atoms with Crippen molar-refractivity contribution in [2.45, 2.75) is 26.5 Å². The maximum absolute atomic E-state index is 13.5. The molecule has 166 valence electrons. The molecule has 4 rings (SSSR count). The van der Waals surface area contributed by atoms with Crippen molar-refractivity contribution in [2.24, 2.45) is 0 Å². The highest BCUT2D eigenvalue weighted by Crippen LogP contribution is 2.44. The number of hydrogen-bond acceptors (Lipinski definition) is 4. The van der Waals surface area contributed by atoms with E-state index in [1.54, 1.807) is 37.3 Å². The molecule has 1 N–H and O–H groups in total. The number of benzene rings is 3. The SMILES string of the molecule is CCOc1cccc2cc(OC(F)F)c3c(c12)C(=O)N(c1ccc(CC(=O)O)cc1Cl)C3. The first-order valence-electron chi connectivity index (χ1n) is 9.78. The number of carbonyl (C=O) groups is 2. The van der Waals surface area contributed by atoms with Crippen molar-refractivity contribution in [3.63, 3.8) is 0 Å². The predicted octanol–water partition coefficient (Wildman–Crippen LogP) is 5.28. The second kappa shape index (κ2) is 8.63. The number of alkyl halides is 2. The van der Waals surface area contributed by atoms with Gasteiger partial charge in [-0.05, 0) is 42.1 Å². The number of hydrogen-bond donors (Lipinski definition) is 1. The highest BCUT2D eigenvalue weighted by Gasteiger charge is 2.36.